The van der Waals surface area contributed by atoms with Crippen LogP contribution in [-0.2, 0) is 24.4 Å². The summed E-state index contributed by atoms with van der Waals surface area (Å²) in [5, 5.41) is 5.84. The Labute approximate surface area is 223 Å². The number of fused-ring (bicyclic) bond motifs is 1. The van der Waals surface area contributed by atoms with Gasteiger partial charge in [-0.1, -0.05) is 48.9 Å². The van der Waals surface area contributed by atoms with Gasteiger partial charge >= 0.3 is 0 Å². The van der Waals surface area contributed by atoms with E-state index in [0.29, 0.717) is 26.1 Å². The fourth-order valence-corrected chi connectivity index (χ4v) is 4.64. The van der Waals surface area contributed by atoms with Crippen molar-refractivity contribution in [3.8, 4) is 5.75 Å². The van der Waals surface area contributed by atoms with Gasteiger partial charge in [0, 0.05) is 19.6 Å². The SMILES string of the molecule is CCCN1C(=O)c2c(C(=O)NCc3ccc(OCC)cc3)ncn2CC1(C)C(=O)NCc1ccc(C)cc1. The molecule has 1 unspecified atom stereocenters. The highest BCUT2D eigenvalue weighted by molar-refractivity contribution is 6.07. The van der Waals surface area contributed by atoms with Crippen molar-refractivity contribution in [1.82, 2.24) is 25.1 Å². The molecule has 0 spiro atoms. The molecule has 0 saturated heterocycles. The van der Waals surface area contributed by atoms with Gasteiger partial charge in [0.15, 0.2) is 5.69 Å². The van der Waals surface area contributed by atoms with E-state index in [1.54, 1.807) is 16.4 Å². The molecule has 0 bridgehead atoms. The number of hydrogen-bond acceptors (Lipinski definition) is 5. The van der Waals surface area contributed by atoms with Crippen LogP contribution in [0, 0.1) is 6.92 Å². The van der Waals surface area contributed by atoms with E-state index in [4.69, 9.17) is 4.74 Å². The third kappa shape index (κ3) is 5.56. The minimum Gasteiger partial charge on any atom is -0.494 e. The van der Waals surface area contributed by atoms with Crippen molar-refractivity contribution in [2.45, 2.75) is 59.3 Å². The lowest BCUT2D eigenvalue weighted by Crippen LogP contribution is -2.64. The highest BCUT2D eigenvalue weighted by Crippen LogP contribution is 2.29. The predicted octanol–water partition coefficient (Wildman–Crippen LogP) is 3.46. The molecule has 0 radical (unpaired) electrons. The van der Waals surface area contributed by atoms with Crippen LogP contribution in [0.4, 0.5) is 0 Å². The molecule has 9 nitrogen and oxygen atoms in total. The van der Waals surface area contributed by atoms with Crippen LogP contribution in [0.3, 0.4) is 0 Å². The summed E-state index contributed by atoms with van der Waals surface area (Å²) in [6.07, 6.45) is 2.13. The summed E-state index contributed by atoms with van der Waals surface area (Å²) in [7, 11) is 0. The largest absolute Gasteiger partial charge is 0.494 e. The van der Waals surface area contributed by atoms with Crippen molar-refractivity contribution in [2.75, 3.05) is 13.2 Å². The Hall–Kier alpha value is -4.14. The summed E-state index contributed by atoms with van der Waals surface area (Å²) in [4.78, 5) is 46.0. The third-order valence-corrected chi connectivity index (χ3v) is 6.77. The molecule has 200 valence electrons. The Morgan fingerprint density at radius 1 is 1.00 bits per heavy atom. The standard InChI is InChI=1S/C29H35N5O4/c1-5-15-34-27(36)25-24(26(35)30-16-22-11-13-23(14-12-22)38-6-2)32-19-33(25)18-29(34,4)28(37)31-17-21-9-7-20(3)8-10-21/h7-14,19H,5-6,15-18H2,1-4H3,(H,30,35)(H,31,37). The first-order valence-corrected chi connectivity index (χ1v) is 13.0. The molecule has 3 aromatic rings. The van der Waals surface area contributed by atoms with E-state index < -0.39 is 11.4 Å². The molecule has 1 aliphatic rings. The van der Waals surface area contributed by atoms with Crippen molar-refractivity contribution in [2.24, 2.45) is 0 Å². The monoisotopic (exact) mass is 517 g/mol. The van der Waals surface area contributed by atoms with Gasteiger partial charge in [0.2, 0.25) is 5.91 Å². The molecule has 1 aromatic heterocycles. The second kappa shape index (κ2) is 11.5. The van der Waals surface area contributed by atoms with E-state index in [0.717, 1.165) is 22.4 Å². The average molecular weight is 518 g/mol. The minimum absolute atomic E-state index is 0.0594. The number of nitrogens with zero attached hydrogens (tertiary/aromatic N) is 3. The Bertz CT molecular complexity index is 1300. The molecular formula is C29H35N5O4. The van der Waals surface area contributed by atoms with Gasteiger partial charge in [-0.25, -0.2) is 4.98 Å². The van der Waals surface area contributed by atoms with Gasteiger partial charge in [0.1, 0.15) is 17.0 Å². The van der Waals surface area contributed by atoms with Gasteiger partial charge < -0.3 is 24.8 Å². The number of carbonyl (C=O) groups is 3. The van der Waals surface area contributed by atoms with Gasteiger partial charge in [0.05, 0.1) is 19.5 Å². The summed E-state index contributed by atoms with van der Waals surface area (Å²) in [5.41, 5.74) is 2.15. The summed E-state index contributed by atoms with van der Waals surface area (Å²) in [6.45, 7) is 9.45. The molecule has 0 aliphatic carbocycles. The van der Waals surface area contributed by atoms with Crippen LogP contribution in [0.15, 0.2) is 54.9 Å². The second-order valence-electron chi connectivity index (χ2n) is 9.73. The Morgan fingerprint density at radius 2 is 1.63 bits per heavy atom. The minimum atomic E-state index is -1.12. The zero-order chi connectivity index (χ0) is 27.3. The van der Waals surface area contributed by atoms with Gasteiger partial charge in [-0.15, -0.1) is 0 Å². The highest BCUT2D eigenvalue weighted by Gasteiger charge is 2.48. The Kier molecular flexibility index (Phi) is 8.14. The van der Waals surface area contributed by atoms with Crippen LogP contribution in [-0.4, -0.2) is 50.9 Å². The van der Waals surface area contributed by atoms with Crippen LogP contribution in [0.1, 0.15) is 64.9 Å². The van der Waals surface area contributed by atoms with Crippen molar-refractivity contribution in [3.05, 3.63) is 82.9 Å². The van der Waals surface area contributed by atoms with Crippen LogP contribution in [0.25, 0.3) is 0 Å². The molecule has 38 heavy (non-hydrogen) atoms. The molecule has 2 heterocycles. The number of rotatable bonds is 10. The Balaban J connectivity index is 1.50. The number of hydrogen-bond donors (Lipinski definition) is 2. The molecule has 1 atom stereocenters. The second-order valence-corrected chi connectivity index (χ2v) is 9.73. The molecular weight excluding hydrogens is 482 g/mol. The number of ether oxygens (including phenoxy) is 1. The summed E-state index contributed by atoms with van der Waals surface area (Å²) < 4.78 is 7.07. The van der Waals surface area contributed by atoms with E-state index in [1.807, 2.05) is 69.3 Å². The zero-order valence-corrected chi connectivity index (χ0v) is 22.4. The number of amides is 3. The fourth-order valence-electron chi connectivity index (χ4n) is 4.64. The summed E-state index contributed by atoms with van der Waals surface area (Å²) in [5.74, 6) is -0.307. The lowest BCUT2D eigenvalue weighted by molar-refractivity contribution is -0.133. The maximum atomic E-state index is 13.7. The van der Waals surface area contributed by atoms with E-state index in [1.165, 1.54) is 6.33 Å². The molecule has 3 amide bonds. The topological polar surface area (TPSA) is 106 Å². The maximum Gasteiger partial charge on any atom is 0.273 e. The first kappa shape index (κ1) is 26.9. The lowest BCUT2D eigenvalue weighted by Gasteiger charge is -2.43. The molecule has 0 fully saturated rings. The molecule has 9 heteroatoms. The zero-order valence-electron chi connectivity index (χ0n) is 22.4. The van der Waals surface area contributed by atoms with Crippen molar-refractivity contribution < 1.29 is 19.1 Å². The molecule has 0 saturated carbocycles. The van der Waals surface area contributed by atoms with E-state index in [-0.39, 0.29) is 36.3 Å². The van der Waals surface area contributed by atoms with Crippen molar-refractivity contribution >= 4 is 17.7 Å². The molecule has 1 aliphatic heterocycles. The van der Waals surface area contributed by atoms with Crippen LogP contribution in [0.2, 0.25) is 0 Å². The van der Waals surface area contributed by atoms with Crippen molar-refractivity contribution in [1.29, 1.82) is 0 Å². The number of nitrogens with one attached hydrogen (secondary N) is 2. The number of imidazole rings is 1. The fraction of sp³-hybridized carbons (Fsp3) is 0.379. The molecule has 2 N–H and O–H groups in total. The normalized spacial score (nSPS) is 16.6. The average Bonchev–Trinajstić information content (AvgIpc) is 3.34. The first-order valence-electron chi connectivity index (χ1n) is 13.0. The summed E-state index contributed by atoms with van der Waals surface area (Å²) in [6, 6.07) is 15.4. The lowest BCUT2D eigenvalue weighted by atomic mass is 9.93. The summed E-state index contributed by atoms with van der Waals surface area (Å²) >= 11 is 0. The molecule has 2 aromatic carbocycles. The first-order chi connectivity index (χ1) is 18.3. The van der Waals surface area contributed by atoms with Gasteiger partial charge in [-0.3, -0.25) is 14.4 Å². The van der Waals surface area contributed by atoms with Crippen molar-refractivity contribution in [3.63, 3.8) is 0 Å². The van der Waals surface area contributed by atoms with Gasteiger partial charge in [-0.05, 0) is 50.5 Å². The quantitative estimate of drug-likeness (QED) is 0.429. The molecule has 4 rings (SSSR count). The van der Waals surface area contributed by atoms with Gasteiger partial charge in [0.25, 0.3) is 11.8 Å². The van der Waals surface area contributed by atoms with E-state index in [2.05, 4.69) is 15.6 Å². The third-order valence-electron chi connectivity index (χ3n) is 6.77. The van der Waals surface area contributed by atoms with Crippen LogP contribution in [0.5, 0.6) is 5.75 Å². The highest BCUT2D eigenvalue weighted by atomic mass is 16.5. The van der Waals surface area contributed by atoms with Gasteiger partial charge in [-0.2, -0.15) is 0 Å². The number of benzene rings is 2. The number of aromatic nitrogens is 2. The van der Waals surface area contributed by atoms with Crippen LogP contribution >= 0.6 is 0 Å². The van der Waals surface area contributed by atoms with E-state index >= 15 is 0 Å². The number of aryl methyl sites for hydroxylation is 1. The smallest absolute Gasteiger partial charge is 0.273 e. The predicted molar refractivity (Wildman–Crippen MR) is 144 cm³/mol. The maximum absolute atomic E-state index is 13.7. The van der Waals surface area contributed by atoms with E-state index in [9.17, 15) is 14.4 Å². The Morgan fingerprint density at radius 3 is 2.26 bits per heavy atom. The van der Waals surface area contributed by atoms with Crippen LogP contribution < -0.4 is 15.4 Å². The number of carbonyl (C=O) groups excluding carboxylic acids is 3.